The summed E-state index contributed by atoms with van der Waals surface area (Å²) in [6.07, 6.45) is 10.4. The van der Waals surface area contributed by atoms with E-state index in [-0.39, 0.29) is 11.9 Å². The molecule has 0 radical (unpaired) electrons. The first-order chi connectivity index (χ1) is 15.6. The maximum Gasteiger partial charge on any atom is 0.241 e. The van der Waals surface area contributed by atoms with Crippen molar-refractivity contribution in [1.82, 2.24) is 5.32 Å². The van der Waals surface area contributed by atoms with E-state index in [1.54, 1.807) is 0 Å². The fourth-order valence-corrected chi connectivity index (χ4v) is 7.57. The van der Waals surface area contributed by atoms with Crippen LogP contribution in [0.4, 0.5) is 17.1 Å². The molecule has 168 valence electrons. The highest BCUT2D eigenvalue weighted by atomic mass is 35.5. The zero-order valence-electron chi connectivity index (χ0n) is 18.5. The van der Waals surface area contributed by atoms with Gasteiger partial charge in [0.15, 0.2) is 0 Å². The summed E-state index contributed by atoms with van der Waals surface area (Å²) in [5.74, 6) is 2.84. The molecule has 0 spiro atoms. The normalized spacial score (nSPS) is 32.8. The maximum atomic E-state index is 12.3. The number of nitrogens with one attached hydrogen (secondary N) is 3. The van der Waals surface area contributed by atoms with E-state index in [2.05, 4.69) is 34.1 Å². The smallest absolute Gasteiger partial charge is 0.241 e. The van der Waals surface area contributed by atoms with Crippen LogP contribution in [0.1, 0.15) is 56.9 Å². The SMILES string of the molecule is O=C(Nc1ccc(Nc2ccc(C34CC5CC(CC(C5)C3)C4)cc2Cl)cc1)C1CCCN1. The van der Waals surface area contributed by atoms with E-state index >= 15 is 0 Å². The largest absolute Gasteiger partial charge is 0.354 e. The van der Waals surface area contributed by atoms with E-state index in [1.165, 1.54) is 44.1 Å². The summed E-state index contributed by atoms with van der Waals surface area (Å²) in [7, 11) is 0. The zero-order valence-corrected chi connectivity index (χ0v) is 19.3. The van der Waals surface area contributed by atoms with Crippen LogP contribution in [0.5, 0.6) is 0 Å². The number of carbonyl (C=O) groups is 1. The molecule has 4 bridgehead atoms. The Morgan fingerprint density at radius 1 is 0.938 bits per heavy atom. The Kier molecular flexibility index (Phi) is 5.19. The van der Waals surface area contributed by atoms with Gasteiger partial charge < -0.3 is 16.0 Å². The number of hydrogen-bond acceptors (Lipinski definition) is 3. The van der Waals surface area contributed by atoms with Crippen LogP contribution in [-0.2, 0) is 10.2 Å². The molecule has 4 nitrogen and oxygen atoms in total. The quantitative estimate of drug-likeness (QED) is 0.506. The predicted octanol–water partition coefficient (Wildman–Crippen LogP) is 6.24. The highest BCUT2D eigenvalue weighted by molar-refractivity contribution is 6.33. The van der Waals surface area contributed by atoms with Crippen LogP contribution < -0.4 is 16.0 Å². The van der Waals surface area contributed by atoms with E-state index in [0.717, 1.165) is 59.2 Å². The van der Waals surface area contributed by atoms with Crippen molar-refractivity contribution in [3.05, 3.63) is 53.1 Å². The number of halogens is 1. The second kappa shape index (κ2) is 8.07. The minimum Gasteiger partial charge on any atom is -0.354 e. The summed E-state index contributed by atoms with van der Waals surface area (Å²) in [6, 6.07) is 14.5. The van der Waals surface area contributed by atoms with Crippen LogP contribution in [0.15, 0.2) is 42.5 Å². The molecule has 5 fully saturated rings. The summed E-state index contributed by atoms with van der Waals surface area (Å²) in [5.41, 5.74) is 4.53. The van der Waals surface area contributed by atoms with Gasteiger partial charge in [-0.2, -0.15) is 0 Å². The lowest BCUT2D eigenvalue weighted by Gasteiger charge is -2.57. The topological polar surface area (TPSA) is 53.2 Å². The Balaban J connectivity index is 1.14. The fraction of sp³-hybridized carbons (Fsp3) is 0.519. The lowest BCUT2D eigenvalue weighted by atomic mass is 9.48. The number of rotatable bonds is 5. The van der Waals surface area contributed by atoms with Gasteiger partial charge in [0.2, 0.25) is 5.91 Å². The first-order valence-corrected chi connectivity index (χ1v) is 12.7. The van der Waals surface area contributed by atoms with Gasteiger partial charge in [-0.1, -0.05) is 17.7 Å². The second-order valence-corrected chi connectivity index (χ2v) is 11.1. The molecular formula is C27H32ClN3O. The molecule has 32 heavy (non-hydrogen) atoms. The minimum atomic E-state index is -0.0703. The molecule has 4 aliphatic carbocycles. The predicted molar refractivity (Wildman–Crippen MR) is 131 cm³/mol. The van der Waals surface area contributed by atoms with E-state index in [1.807, 2.05) is 24.3 Å². The van der Waals surface area contributed by atoms with Crippen LogP contribution in [0.3, 0.4) is 0 Å². The monoisotopic (exact) mass is 449 g/mol. The summed E-state index contributed by atoms with van der Waals surface area (Å²) >= 11 is 6.77. The lowest BCUT2D eigenvalue weighted by Crippen LogP contribution is -2.48. The molecule has 2 aromatic rings. The van der Waals surface area contributed by atoms with Crippen molar-refractivity contribution in [2.45, 2.75) is 62.8 Å². The Bertz CT molecular complexity index is 977. The highest BCUT2D eigenvalue weighted by Gasteiger charge is 2.51. The molecule has 3 N–H and O–H groups in total. The Morgan fingerprint density at radius 2 is 1.59 bits per heavy atom. The van der Waals surface area contributed by atoms with Gasteiger partial charge in [0.05, 0.1) is 16.8 Å². The first-order valence-electron chi connectivity index (χ1n) is 12.3. The molecule has 1 aliphatic heterocycles. The molecule has 5 aliphatic rings. The zero-order chi connectivity index (χ0) is 21.7. The van der Waals surface area contributed by atoms with Crippen molar-refractivity contribution in [1.29, 1.82) is 0 Å². The van der Waals surface area contributed by atoms with Crippen molar-refractivity contribution < 1.29 is 4.79 Å². The molecule has 7 rings (SSSR count). The van der Waals surface area contributed by atoms with Crippen molar-refractivity contribution in [3.8, 4) is 0 Å². The van der Waals surface area contributed by atoms with Crippen molar-refractivity contribution in [3.63, 3.8) is 0 Å². The first kappa shape index (κ1) is 20.6. The average molecular weight is 450 g/mol. The number of carbonyl (C=O) groups excluding carboxylic acids is 1. The average Bonchev–Trinajstić information content (AvgIpc) is 3.31. The number of anilines is 3. The van der Waals surface area contributed by atoms with E-state index in [9.17, 15) is 4.79 Å². The second-order valence-electron chi connectivity index (χ2n) is 10.7. The molecule has 1 saturated heterocycles. The molecule has 0 aromatic heterocycles. The molecule has 2 aromatic carbocycles. The van der Waals surface area contributed by atoms with Gasteiger partial charge in [0.1, 0.15) is 0 Å². The van der Waals surface area contributed by atoms with Crippen LogP contribution in [-0.4, -0.2) is 18.5 Å². The molecular weight excluding hydrogens is 418 g/mol. The number of hydrogen-bond donors (Lipinski definition) is 3. The molecule has 1 heterocycles. The third-order valence-corrected chi connectivity index (χ3v) is 8.74. The summed E-state index contributed by atoms with van der Waals surface area (Å²) in [6.45, 7) is 0.920. The van der Waals surface area contributed by atoms with Crippen molar-refractivity contribution in [2.24, 2.45) is 17.8 Å². The van der Waals surface area contributed by atoms with Gasteiger partial charge in [-0.15, -0.1) is 0 Å². The van der Waals surface area contributed by atoms with Gasteiger partial charge >= 0.3 is 0 Å². The summed E-state index contributed by atoms with van der Waals surface area (Å²) in [4.78, 5) is 12.3. The Labute approximate surface area is 195 Å². The number of amides is 1. The van der Waals surface area contributed by atoms with Gasteiger partial charge in [0.25, 0.3) is 0 Å². The molecule has 1 amide bonds. The van der Waals surface area contributed by atoms with Crippen LogP contribution in [0.2, 0.25) is 5.02 Å². The van der Waals surface area contributed by atoms with E-state index in [0.29, 0.717) is 5.41 Å². The molecule has 4 saturated carbocycles. The fourth-order valence-electron chi connectivity index (χ4n) is 7.34. The van der Waals surface area contributed by atoms with E-state index < -0.39 is 0 Å². The lowest BCUT2D eigenvalue weighted by molar-refractivity contribution is -0.117. The molecule has 1 unspecified atom stereocenters. The minimum absolute atomic E-state index is 0.0477. The van der Waals surface area contributed by atoms with Gasteiger partial charge in [-0.25, -0.2) is 0 Å². The Morgan fingerprint density at radius 3 is 2.19 bits per heavy atom. The maximum absolute atomic E-state index is 12.3. The van der Waals surface area contributed by atoms with Crippen molar-refractivity contribution in [2.75, 3.05) is 17.2 Å². The highest BCUT2D eigenvalue weighted by Crippen LogP contribution is 2.61. The number of benzene rings is 2. The third kappa shape index (κ3) is 3.82. The Hall–Kier alpha value is -2.04. The van der Waals surface area contributed by atoms with E-state index in [4.69, 9.17) is 11.6 Å². The summed E-state index contributed by atoms with van der Waals surface area (Å²) in [5, 5.41) is 10.5. The summed E-state index contributed by atoms with van der Waals surface area (Å²) < 4.78 is 0. The van der Waals surface area contributed by atoms with Gasteiger partial charge in [0, 0.05) is 11.4 Å². The third-order valence-electron chi connectivity index (χ3n) is 8.43. The van der Waals surface area contributed by atoms with Crippen LogP contribution in [0.25, 0.3) is 0 Å². The molecule has 5 heteroatoms. The van der Waals surface area contributed by atoms with Crippen LogP contribution in [0, 0.1) is 17.8 Å². The van der Waals surface area contributed by atoms with Crippen LogP contribution >= 0.6 is 11.6 Å². The van der Waals surface area contributed by atoms with Gasteiger partial charge in [-0.3, -0.25) is 4.79 Å². The van der Waals surface area contributed by atoms with Gasteiger partial charge in [-0.05, 0) is 123 Å². The molecule has 1 atom stereocenters. The van der Waals surface area contributed by atoms with Crippen molar-refractivity contribution >= 4 is 34.6 Å². The standard InChI is InChI=1S/C27H32ClN3O/c28-23-13-20(27-14-17-10-18(15-27)12-19(11-17)16-27)3-8-24(23)30-21-4-6-22(7-5-21)31-26(32)25-2-1-9-29-25/h3-8,13,17-19,25,29-30H,1-2,9-12,14-16H2,(H,31,32).